The van der Waals surface area contributed by atoms with E-state index in [0.29, 0.717) is 31.0 Å². The van der Waals surface area contributed by atoms with Crippen molar-refractivity contribution in [2.75, 3.05) is 13.1 Å². The third-order valence-electron chi connectivity index (χ3n) is 6.47. The fraction of sp³-hybridized carbons (Fsp3) is 0.360. The fourth-order valence-corrected chi connectivity index (χ4v) is 5.94. The van der Waals surface area contributed by atoms with Gasteiger partial charge in [0.25, 0.3) is 5.91 Å². The number of carbonyl (C=O) groups excluding carboxylic acids is 2. The molecule has 2 amide bonds. The van der Waals surface area contributed by atoms with E-state index in [4.69, 9.17) is 0 Å². The number of sulfonamides is 1. The van der Waals surface area contributed by atoms with Crippen LogP contribution in [0.1, 0.15) is 41.6 Å². The lowest BCUT2D eigenvalue weighted by molar-refractivity contribution is -0.117. The van der Waals surface area contributed by atoms with Crippen LogP contribution in [0, 0.1) is 5.92 Å². The molecule has 8 heteroatoms. The minimum Gasteiger partial charge on any atom is -0.349 e. The Hall–Kier alpha value is -2.97. The number of hydrogen-bond acceptors (Lipinski definition) is 4. The molecular formula is C25H29N3O4S. The standard InChI is InChI=1S/C25H29N3O4S/c1-3-24(29)26-22-13-14-28(16-17(22)2)33(31,32)20-11-9-19(10-12-20)25(30)27-23-15-21(23)18-7-5-4-6-8-18/h3-12,17,21-23H,1,13-16H2,2H3,(H,26,29)(H,27,30)/t17?,21?,22?,23-/m1/s1. The number of nitrogens with one attached hydrogen (secondary N) is 2. The van der Waals surface area contributed by atoms with Gasteiger partial charge in [-0.05, 0) is 54.7 Å². The van der Waals surface area contributed by atoms with E-state index < -0.39 is 10.0 Å². The van der Waals surface area contributed by atoms with Crippen LogP contribution in [0.3, 0.4) is 0 Å². The van der Waals surface area contributed by atoms with E-state index in [9.17, 15) is 18.0 Å². The third-order valence-corrected chi connectivity index (χ3v) is 8.35. The number of nitrogens with zero attached hydrogens (tertiary/aromatic N) is 1. The summed E-state index contributed by atoms with van der Waals surface area (Å²) in [5.41, 5.74) is 1.65. The molecular weight excluding hydrogens is 438 g/mol. The molecule has 1 aliphatic carbocycles. The molecule has 4 atom stereocenters. The summed E-state index contributed by atoms with van der Waals surface area (Å²) in [6.07, 6.45) is 2.66. The Morgan fingerprint density at radius 1 is 1.03 bits per heavy atom. The van der Waals surface area contributed by atoms with Crippen LogP contribution in [-0.4, -0.2) is 49.7 Å². The van der Waals surface area contributed by atoms with Gasteiger partial charge in [0.15, 0.2) is 0 Å². The lowest BCUT2D eigenvalue weighted by atomic mass is 9.95. The first-order valence-electron chi connectivity index (χ1n) is 11.2. The minimum absolute atomic E-state index is 0.0291. The van der Waals surface area contributed by atoms with Crippen LogP contribution in [0.15, 0.2) is 72.1 Å². The second-order valence-electron chi connectivity index (χ2n) is 8.81. The lowest BCUT2D eigenvalue weighted by Crippen LogP contribution is -2.51. The summed E-state index contributed by atoms with van der Waals surface area (Å²) in [6, 6.07) is 16.2. The Morgan fingerprint density at radius 3 is 2.36 bits per heavy atom. The van der Waals surface area contributed by atoms with Gasteiger partial charge in [0.05, 0.1) is 4.90 Å². The maximum atomic E-state index is 13.1. The average molecular weight is 468 g/mol. The second-order valence-corrected chi connectivity index (χ2v) is 10.7. The van der Waals surface area contributed by atoms with Crippen molar-refractivity contribution < 1.29 is 18.0 Å². The number of rotatable bonds is 7. The lowest BCUT2D eigenvalue weighted by Gasteiger charge is -2.36. The molecule has 2 fully saturated rings. The van der Waals surface area contributed by atoms with Gasteiger partial charge in [-0.1, -0.05) is 43.8 Å². The molecule has 7 nitrogen and oxygen atoms in total. The van der Waals surface area contributed by atoms with Gasteiger partial charge in [0.1, 0.15) is 0 Å². The van der Waals surface area contributed by atoms with Gasteiger partial charge < -0.3 is 10.6 Å². The molecule has 33 heavy (non-hydrogen) atoms. The monoisotopic (exact) mass is 467 g/mol. The number of hydrogen-bond donors (Lipinski definition) is 2. The van der Waals surface area contributed by atoms with Gasteiger partial charge >= 0.3 is 0 Å². The highest BCUT2D eigenvalue weighted by Crippen LogP contribution is 2.40. The quantitative estimate of drug-likeness (QED) is 0.612. The molecule has 2 aromatic rings. The van der Waals surface area contributed by atoms with Crippen LogP contribution >= 0.6 is 0 Å². The van der Waals surface area contributed by atoms with E-state index >= 15 is 0 Å². The van der Waals surface area contributed by atoms with Crippen molar-refractivity contribution in [3.8, 4) is 0 Å². The van der Waals surface area contributed by atoms with E-state index in [1.54, 1.807) is 12.1 Å². The molecule has 1 heterocycles. The highest BCUT2D eigenvalue weighted by atomic mass is 32.2. The van der Waals surface area contributed by atoms with Gasteiger partial charge in [-0.3, -0.25) is 9.59 Å². The zero-order chi connectivity index (χ0) is 23.6. The third kappa shape index (κ3) is 5.17. The molecule has 1 saturated carbocycles. The largest absolute Gasteiger partial charge is 0.349 e. The van der Waals surface area contributed by atoms with Crippen LogP contribution in [0.5, 0.6) is 0 Å². The highest BCUT2D eigenvalue weighted by Gasteiger charge is 2.39. The van der Waals surface area contributed by atoms with Crippen LogP contribution in [0.4, 0.5) is 0 Å². The minimum atomic E-state index is -3.68. The number of piperidine rings is 1. The Balaban J connectivity index is 1.36. The van der Waals surface area contributed by atoms with Gasteiger partial charge in [-0.2, -0.15) is 4.31 Å². The average Bonchev–Trinajstić information content (AvgIpc) is 3.59. The Kier molecular flexibility index (Phi) is 6.67. The molecule has 0 aromatic heterocycles. The Morgan fingerprint density at radius 2 is 1.73 bits per heavy atom. The second kappa shape index (κ2) is 9.49. The normalized spacial score (nSPS) is 25.1. The van der Waals surface area contributed by atoms with Crippen LogP contribution in [0.25, 0.3) is 0 Å². The number of carbonyl (C=O) groups is 2. The Bertz CT molecular complexity index is 1130. The molecule has 0 spiro atoms. The maximum Gasteiger partial charge on any atom is 0.251 e. The van der Waals surface area contributed by atoms with Gasteiger partial charge in [0, 0.05) is 36.7 Å². The molecule has 2 aliphatic rings. The van der Waals surface area contributed by atoms with Gasteiger partial charge in [-0.15, -0.1) is 0 Å². The van der Waals surface area contributed by atoms with Crippen molar-refractivity contribution in [1.82, 2.24) is 14.9 Å². The zero-order valence-electron chi connectivity index (χ0n) is 18.6. The molecule has 1 aliphatic heterocycles. The maximum absolute atomic E-state index is 13.1. The van der Waals surface area contributed by atoms with Crippen molar-refractivity contribution in [3.05, 3.63) is 78.4 Å². The first-order chi connectivity index (χ1) is 15.8. The van der Waals surface area contributed by atoms with Crippen LogP contribution in [-0.2, 0) is 14.8 Å². The summed E-state index contributed by atoms with van der Waals surface area (Å²) in [5, 5.41) is 5.89. The van der Waals surface area contributed by atoms with E-state index in [1.165, 1.54) is 28.1 Å². The zero-order valence-corrected chi connectivity index (χ0v) is 19.4. The van der Waals surface area contributed by atoms with E-state index in [2.05, 4.69) is 29.3 Å². The summed E-state index contributed by atoms with van der Waals surface area (Å²) >= 11 is 0. The summed E-state index contributed by atoms with van der Waals surface area (Å²) < 4.78 is 27.7. The van der Waals surface area contributed by atoms with Crippen molar-refractivity contribution >= 4 is 21.8 Å². The molecule has 174 valence electrons. The summed E-state index contributed by atoms with van der Waals surface area (Å²) in [6.45, 7) is 6.01. The van der Waals surface area contributed by atoms with E-state index in [0.717, 1.165) is 6.42 Å². The number of benzene rings is 2. The van der Waals surface area contributed by atoms with Gasteiger partial charge in [0.2, 0.25) is 15.9 Å². The SMILES string of the molecule is C=CC(=O)NC1CCN(S(=O)(=O)c2ccc(C(=O)N[C@@H]3CC3c3ccccc3)cc2)CC1C. The number of amides is 2. The molecule has 3 unspecified atom stereocenters. The summed E-state index contributed by atoms with van der Waals surface area (Å²) in [5.74, 6) is -0.150. The molecule has 0 radical (unpaired) electrons. The van der Waals surface area contributed by atoms with Crippen LogP contribution in [0.2, 0.25) is 0 Å². The smallest absolute Gasteiger partial charge is 0.251 e. The van der Waals surface area contributed by atoms with Crippen molar-refractivity contribution in [1.29, 1.82) is 0 Å². The first kappa shape index (κ1) is 23.2. The topological polar surface area (TPSA) is 95.6 Å². The molecule has 2 N–H and O–H groups in total. The first-order valence-corrected chi connectivity index (χ1v) is 12.6. The fourth-order valence-electron chi connectivity index (χ4n) is 4.38. The predicted octanol–water partition coefficient (Wildman–Crippen LogP) is 2.67. The van der Waals surface area contributed by atoms with E-state index in [1.807, 2.05) is 25.1 Å². The molecule has 1 saturated heterocycles. The molecule has 4 rings (SSSR count). The van der Waals surface area contributed by atoms with Crippen LogP contribution < -0.4 is 10.6 Å². The van der Waals surface area contributed by atoms with Gasteiger partial charge in [-0.25, -0.2) is 8.42 Å². The van der Waals surface area contributed by atoms with E-state index in [-0.39, 0.29) is 34.7 Å². The van der Waals surface area contributed by atoms with Crippen molar-refractivity contribution in [2.24, 2.45) is 5.92 Å². The van der Waals surface area contributed by atoms with Crippen molar-refractivity contribution in [3.63, 3.8) is 0 Å². The summed E-state index contributed by atoms with van der Waals surface area (Å²) in [4.78, 5) is 24.4. The highest BCUT2D eigenvalue weighted by molar-refractivity contribution is 7.89. The molecule has 0 bridgehead atoms. The Labute approximate surface area is 194 Å². The predicted molar refractivity (Wildman–Crippen MR) is 126 cm³/mol. The van der Waals surface area contributed by atoms with Crippen molar-refractivity contribution in [2.45, 2.75) is 42.7 Å². The molecule has 2 aromatic carbocycles. The summed E-state index contributed by atoms with van der Waals surface area (Å²) in [7, 11) is -3.68.